The number of nitrogens with zero attached hydrogens (tertiary/aromatic N) is 1. The molecule has 5 nitrogen and oxygen atoms in total. The molecule has 0 radical (unpaired) electrons. The minimum atomic E-state index is -0.615. The predicted octanol–water partition coefficient (Wildman–Crippen LogP) is 0.382. The Bertz CT molecular complexity index is 252. The van der Waals surface area contributed by atoms with Crippen molar-refractivity contribution in [3.63, 3.8) is 0 Å². The van der Waals surface area contributed by atoms with Gasteiger partial charge in [0.05, 0.1) is 11.6 Å². The maximum absolute atomic E-state index is 11.7. The third-order valence-electron chi connectivity index (χ3n) is 3.62. The molecule has 0 bridgehead atoms. The lowest BCUT2D eigenvalue weighted by Gasteiger charge is -2.33. The summed E-state index contributed by atoms with van der Waals surface area (Å²) in [6.45, 7) is 2.58. The van der Waals surface area contributed by atoms with Crippen molar-refractivity contribution in [1.82, 2.24) is 10.3 Å². The van der Waals surface area contributed by atoms with Gasteiger partial charge < -0.3 is 5.11 Å². The summed E-state index contributed by atoms with van der Waals surface area (Å²) in [4.78, 5) is 13.6. The number of hydrogen-bond donors (Lipinski definition) is 3. The van der Waals surface area contributed by atoms with Crippen LogP contribution in [0.4, 0.5) is 0 Å². The van der Waals surface area contributed by atoms with Gasteiger partial charge in [-0.15, -0.1) is 0 Å². The smallest absolute Gasteiger partial charge is 0.251 e. The molecule has 0 heterocycles. The Kier molecular flexibility index (Phi) is 5.36. The maximum atomic E-state index is 11.7. The molecule has 4 N–H and O–H groups in total. The van der Waals surface area contributed by atoms with Crippen molar-refractivity contribution in [1.29, 1.82) is 0 Å². The number of aliphatic hydroxyl groups is 1. The number of amides is 1. The number of carbonyl (C=O) groups is 1. The van der Waals surface area contributed by atoms with Crippen molar-refractivity contribution in [2.75, 3.05) is 13.6 Å². The molecule has 0 saturated heterocycles. The fourth-order valence-electron chi connectivity index (χ4n) is 2.69. The Morgan fingerprint density at radius 1 is 1.53 bits per heavy atom. The van der Waals surface area contributed by atoms with E-state index in [4.69, 9.17) is 5.84 Å². The average molecular weight is 243 g/mol. The lowest BCUT2D eigenvalue weighted by molar-refractivity contribution is -0.127. The normalized spacial score (nSPS) is 20.5. The molecule has 0 aromatic heterocycles. The Morgan fingerprint density at radius 3 is 2.59 bits per heavy atom. The highest BCUT2D eigenvalue weighted by atomic mass is 16.3. The van der Waals surface area contributed by atoms with Gasteiger partial charge >= 0.3 is 0 Å². The van der Waals surface area contributed by atoms with Crippen molar-refractivity contribution in [2.24, 2.45) is 5.84 Å². The van der Waals surface area contributed by atoms with Crippen LogP contribution in [0.15, 0.2) is 0 Å². The van der Waals surface area contributed by atoms with Crippen LogP contribution in [0.5, 0.6) is 0 Å². The fourth-order valence-corrected chi connectivity index (χ4v) is 2.69. The molecule has 1 amide bonds. The van der Waals surface area contributed by atoms with Gasteiger partial charge in [0.1, 0.15) is 0 Å². The van der Waals surface area contributed by atoms with Crippen molar-refractivity contribution in [2.45, 2.75) is 57.1 Å². The van der Waals surface area contributed by atoms with E-state index in [2.05, 4.69) is 5.43 Å². The fraction of sp³-hybridized carbons (Fsp3) is 0.917. The highest BCUT2D eigenvalue weighted by Crippen LogP contribution is 2.30. The molecular weight excluding hydrogens is 218 g/mol. The molecule has 0 aliphatic heterocycles. The van der Waals surface area contributed by atoms with Crippen LogP contribution in [-0.2, 0) is 4.79 Å². The van der Waals surface area contributed by atoms with Gasteiger partial charge in [-0.1, -0.05) is 26.2 Å². The molecule has 1 rings (SSSR count). The molecule has 1 aliphatic carbocycles. The lowest BCUT2D eigenvalue weighted by atomic mass is 10.00. The zero-order valence-corrected chi connectivity index (χ0v) is 10.9. The van der Waals surface area contributed by atoms with E-state index in [1.54, 1.807) is 0 Å². The second-order valence-electron chi connectivity index (χ2n) is 5.16. The van der Waals surface area contributed by atoms with Gasteiger partial charge in [0.2, 0.25) is 0 Å². The van der Waals surface area contributed by atoms with E-state index in [0.29, 0.717) is 6.54 Å². The summed E-state index contributed by atoms with van der Waals surface area (Å²) >= 11 is 0. The molecular formula is C12H25N3O2. The minimum Gasteiger partial charge on any atom is -0.389 e. The quantitative estimate of drug-likeness (QED) is 0.358. The molecule has 0 spiro atoms. The van der Waals surface area contributed by atoms with E-state index in [9.17, 15) is 9.90 Å². The second-order valence-corrected chi connectivity index (χ2v) is 5.16. The molecule has 1 aliphatic rings. The molecule has 1 unspecified atom stereocenters. The molecule has 1 atom stereocenters. The number of nitrogens with one attached hydrogen (secondary N) is 1. The summed E-state index contributed by atoms with van der Waals surface area (Å²) in [5.41, 5.74) is 1.59. The van der Waals surface area contributed by atoms with Crippen LogP contribution in [-0.4, -0.2) is 41.1 Å². The monoisotopic (exact) mass is 243 g/mol. The minimum absolute atomic E-state index is 0.170. The van der Waals surface area contributed by atoms with Crippen molar-refractivity contribution in [3.05, 3.63) is 0 Å². The number of rotatable bonds is 6. The Labute approximate surface area is 103 Å². The van der Waals surface area contributed by atoms with Crippen LogP contribution >= 0.6 is 0 Å². The number of nitrogens with two attached hydrogens (primary N) is 1. The summed E-state index contributed by atoms with van der Waals surface area (Å²) in [5, 5.41) is 10.3. The van der Waals surface area contributed by atoms with Crippen LogP contribution < -0.4 is 11.3 Å². The number of likely N-dealkylation sites (N-methyl/N-ethyl adjacent to an activating group) is 1. The zero-order chi connectivity index (χ0) is 12.9. The van der Waals surface area contributed by atoms with Crippen molar-refractivity contribution >= 4 is 5.91 Å². The highest BCUT2D eigenvalue weighted by Gasteiger charge is 2.35. The maximum Gasteiger partial charge on any atom is 0.251 e. The number of carbonyl (C=O) groups excluding carboxylic acids is 1. The van der Waals surface area contributed by atoms with Gasteiger partial charge in [0.25, 0.3) is 5.91 Å². The number of hydrazine groups is 1. The summed E-state index contributed by atoms with van der Waals surface area (Å²) in [5.74, 6) is 5.02. The third kappa shape index (κ3) is 3.94. The molecule has 100 valence electrons. The first-order chi connectivity index (χ1) is 8.02. The number of hydrogen-bond acceptors (Lipinski definition) is 4. The summed E-state index contributed by atoms with van der Waals surface area (Å²) in [7, 11) is 1.88. The first-order valence-corrected chi connectivity index (χ1v) is 6.45. The van der Waals surface area contributed by atoms with Crippen LogP contribution in [0.3, 0.4) is 0 Å². The molecule has 0 aromatic carbocycles. The van der Waals surface area contributed by atoms with Crippen LogP contribution in [0, 0.1) is 0 Å². The van der Waals surface area contributed by atoms with Gasteiger partial charge in [-0.05, 0) is 26.3 Å². The van der Waals surface area contributed by atoms with Crippen molar-refractivity contribution < 1.29 is 9.90 Å². The van der Waals surface area contributed by atoms with E-state index in [1.165, 1.54) is 0 Å². The second kappa shape index (κ2) is 6.33. The van der Waals surface area contributed by atoms with Crippen molar-refractivity contribution in [3.8, 4) is 0 Å². The van der Waals surface area contributed by atoms with E-state index < -0.39 is 5.60 Å². The molecule has 17 heavy (non-hydrogen) atoms. The Balaban J connectivity index is 2.57. The Morgan fingerprint density at radius 2 is 2.12 bits per heavy atom. The molecule has 1 fully saturated rings. The van der Waals surface area contributed by atoms with Gasteiger partial charge in [-0.25, -0.2) is 5.84 Å². The average Bonchev–Trinajstić information content (AvgIpc) is 2.71. The first-order valence-electron chi connectivity index (χ1n) is 6.45. The standard InChI is InChI=1S/C12H25N3O2/c1-3-6-10(11(16)14-13)15(2)9-12(17)7-4-5-8-12/h10,17H,3-9,13H2,1-2H3,(H,14,16). The van der Waals surface area contributed by atoms with E-state index in [1.807, 2.05) is 18.9 Å². The molecule has 1 saturated carbocycles. The van der Waals surface area contributed by atoms with E-state index in [0.717, 1.165) is 38.5 Å². The molecule has 5 heteroatoms. The van der Waals surface area contributed by atoms with Gasteiger partial charge in [-0.2, -0.15) is 0 Å². The highest BCUT2D eigenvalue weighted by molar-refractivity contribution is 5.81. The van der Waals surface area contributed by atoms with Gasteiger partial charge in [0, 0.05) is 6.54 Å². The van der Waals surface area contributed by atoms with Crippen LogP contribution in [0.2, 0.25) is 0 Å². The van der Waals surface area contributed by atoms with Crippen LogP contribution in [0.1, 0.15) is 45.4 Å². The summed E-state index contributed by atoms with van der Waals surface area (Å²) < 4.78 is 0. The van der Waals surface area contributed by atoms with E-state index in [-0.39, 0.29) is 11.9 Å². The first kappa shape index (κ1) is 14.4. The van der Waals surface area contributed by atoms with Gasteiger partial charge in [-0.3, -0.25) is 15.1 Å². The zero-order valence-electron chi connectivity index (χ0n) is 10.9. The van der Waals surface area contributed by atoms with Gasteiger partial charge in [0.15, 0.2) is 0 Å². The summed E-state index contributed by atoms with van der Waals surface area (Å²) in [6, 6.07) is -0.241. The topological polar surface area (TPSA) is 78.6 Å². The lowest BCUT2D eigenvalue weighted by Crippen LogP contribution is -2.51. The molecule has 0 aromatic rings. The third-order valence-corrected chi connectivity index (χ3v) is 3.62. The SMILES string of the molecule is CCCC(C(=O)NN)N(C)CC1(O)CCCC1. The Hall–Kier alpha value is -0.650. The predicted molar refractivity (Wildman–Crippen MR) is 67.1 cm³/mol. The van der Waals surface area contributed by atoms with E-state index >= 15 is 0 Å². The largest absolute Gasteiger partial charge is 0.389 e. The van der Waals surface area contributed by atoms with Crippen LogP contribution in [0.25, 0.3) is 0 Å². The summed E-state index contributed by atoms with van der Waals surface area (Å²) in [6.07, 6.45) is 5.50.